The average molecular weight is 375 g/mol. The minimum atomic E-state index is -1.17. The van der Waals surface area contributed by atoms with Crippen LogP contribution in [0.3, 0.4) is 0 Å². The number of benzene rings is 3. The molecule has 7 heteroatoms. The summed E-state index contributed by atoms with van der Waals surface area (Å²) in [6.45, 7) is 0. The third-order valence-corrected chi connectivity index (χ3v) is 4.54. The molecule has 0 unspecified atom stereocenters. The van der Waals surface area contributed by atoms with Crippen LogP contribution in [0.4, 0.5) is 5.69 Å². The van der Waals surface area contributed by atoms with Crippen LogP contribution in [0.5, 0.6) is 0 Å². The second-order valence-electron chi connectivity index (χ2n) is 6.36. The average Bonchev–Trinajstić information content (AvgIpc) is 2.65. The Morgan fingerprint density at radius 3 is 2.39 bits per heavy atom. The van der Waals surface area contributed by atoms with Crippen LogP contribution in [0.1, 0.15) is 20.7 Å². The van der Waals surface area contributed by atoms with Crippen molar-refractivity contribution in [2.24, 2.45) is 0 Å². The standard InChI is InChI=1S/C21H14N2O5/c22-11-2-5-14-17(8-11)28-18-9-12(23)3-6-15(18)19(14)16-7-10(20(24)25)1-4-13(16)21(26)27/h1-9,22H,23H2,(H,24,25)(H,26,27)/p+1. The quantitative estimate of drug-likeness (QED) is 0.318. The van der Waals surface area contributed by atoms with Gasteiger partial charge in [0.25, 0.3) is 0 Å². The van der Waals surface area contributed by atoms with Crippen molar-refractivity contribution in [1.82, 2.24) is 0 Å². The van der Waals surface area contributed by atoms with E-state index in [4.69, 9.17) is 15.6 Å². The second-order valence-corrected chi connectivity index (χ2v) is 6.36. The Bertz CT molecular complexity index is 1310. The molecule has 0 saturated heterocycles. The highest BCUT2D eigenvalue weighted by Crippen LogP contribution is 2.41. The molecule has 6 N–H and O–H groups in total. The Balaban J connectivity index is 2.22. The van der Waals surface area contributed by atoms with Gasteiger partial charge in [-0.2, -0.15) is 0 Å². The topological polar surface area (TPSA) is 139 Å². The zero-order chi connectivity index (χ0) is 20.0. The van der Waals surface area contributed by atoms with E-state index in [2.05, 4.69) is 0 Å². The van der Waals surface area contributed by atoms with Gasteiger partial charge in [0.15, 0.2) is 5.36 Å². The minimum Gasteiger partial charge on any atom is -0.478 e. The minimum absolute atomic E-state index is 0.0204. The molecule has 0 aromatic heterocycles. The number of carboxylic acids is 2. The predicted molar refractivity (Wildman–Crippen MR) is 102 cm³/mol. The van der Waals surface area contributed by atoms with Crippen molar-refractivity contribution in [3.05, 3.63) is 71.1 Å². The maximum atomic E-state index is 11.8. The first-order chi connectivity index (χ1) is 13.3. The first-order valence-electron chi connectivity index (χ1n) is 8.31. The highest BCUT2D eigenvalue weighted by atomic mass is 16.4. The molecule has 0 atom stereocenters. The maximum absolute atomic E-state index is 11.8. The van der Waals surface area contributed by atoms with Crippen molar-refractivity contribution < 1.29 is 29.6 Å². The molecule has 0 saturated carbocycles. The van der Waals surface area contributed by atoms with Gasteiger partial charge in [0.2, 0.25) is 0 Å². The van der Waals surface area contributed by atoms with Gasteiger partial charge in [-0.3, -0.25) is 5.41 Å². The lowest BCUT2D eigenvalue weighted by molar-refractivity contribution is -0.172. The van der Waals surface area contributed by atoms with Crippen LogP contribution in [0.2, 0.25) is 0 Å². The van der Waals surface area contributed by atoms with Crippen molar-refractivity contribution >= 4 is 28.6 Å². The smallest absolute Gasteiger partial charge is 0.336 e. The Labute approximate surface area is 158 Å². The van der Waals surface area contributed by atoms with Crippen molar-refractivity contribution in [1.29, 1.82) is 0 Å². The second kappa shape index (κ2) is 6.24. The van der Waals surface area contributed by atoms with E-state index in [0.717, 1.165) is 0 Å². The zero-order valence-electron chi connectivity index (χ0n) is 14.5. The van der Waals surface area contributed by atoms with E-state index < -0.39 is 11.9 Å². The number of nitrogens with two attached hydrogens (primary N) is 2. The Morgan fingerprint density at radius 1 is 0.893 bits per heavy atom. The van der Waals surface area contributed by atoms with Crippen LogP contribution in [0.15, 0.2) is 59.0 Å². The number of carboxylic acid groups (broad SMARTS) is 2. The molecule has 0 spiro atoms. The fourth-order valence-electron chi connectivity index (χ4n) is 3.28. The predicted octanol–water partition coefficient (Wildman–Crippen LogP) is 1.84. The van der Waals surface area contributed by atoms with Gasteiger partial charge in [-0.25, -0.2) is 9.59 Å². The number of hydrogen-bond acceptors (Lipinski definition) is 4. The molecule has 2 aliphatic rings. The Kier molecular flexibility index (Phi) is 3.85. The molecule has 0 amide bonds. The van der Waals surface area contributed by atoms with Crippen molar-refractivity contribution in [3.8, 4) is 22.5 Å². The van der Waals surface area contributed by atoms with Crippen LogP contribution < -0.4 is 16.5 Å². The van der Waals surface area contributed by atoms with Crippen LogP contribution >= 0.6 is 0 Å². The van der Waals surface area contributed by atoms with E-state index in [0.29, 0.717) is 38.9 Å². The fraction of sp³-hybridized carbons (Fsp3) is 0. The van der Waals surface area contributed by atoms with Gasteiger partial charge in [0.1, 0.15) is 11.3 Å². The molecule has 2 aromatic carbocycles. The largest absolute Gasteiger partial charge is 0.478 e. The number of anilines is 1. The Hall–Kier alpha value is -4.13. The number of fused-ring (bicyclic) bond motifs is 2. The summed E-state index contributed by atoms with van der Waals surface area (Å²) < 4.78 is 5.92. The molecule has 28 heavy (non-hydrogen) atoms. The van der Waals surface area contributed by atoms with Gasteiger partial charge in [-0.15, -0.1) is 0 Å². The normalized spacial score (nSPS) is 11.0. The van der Waals surface area contributed by atoms with Crippen LogP contribution in [-0.4, -0.2) is 22.2 Å². The molecular formula is C21H15N2O5+. The highest BCUT2D eigenvalue weighted by molar-refractivity contribution is 6.08. The van der Waals surface area contributed by atoms with Crippen LogP contribution in [0.25, 0.3) is 33.4 Å². The first kappa shape index (κ1) is 17.3. The van der Waals surface area contributed by atoms with Crippen LogP contribution in [-0.2, 0) is 0 Å². The molecular weight excluding hydrogens is 360 g/mol. The van der Waals surface area contributed by atoms with E-state index in [1.54, 1.807) is 36.4 Å². The third kappa shape index (κ3) is 2.75. The van der Waals surface area contributed by atoms with Gasteiger partial charge in [-0.05, 0) is 42.0 Å². The third-order valence-electron chi connectivity index (χ3n) is 4.54. The van der Waals surface area contributed by atoms with Crippen LogP contribution in [0, 0.1) is 0 Å². The van der Waals surface area contributed by atoms with E-state index in [1.807, 2.05) is 0 Å². The van der Waals surface area contributed by atoms with Gasteiger partial charge in [0, 0.05) is 34.3 Å². The number of aromatic carboxylic acids is 2. The summed E-state index contributed by atoms with van der Waals surface area (Å²) in [7, 11) is 0. The molecule has 0 radical (unpaired) electrons. The van der Waals surface area contributed by atoms with E-state index in [-0.39, 0.29) is 16.7 Å². The molecule has 7 nitrogen and oxygen atoms in total. The van der Waals surface area contributed by atoms with Crippen molar-refractivity contribution in [3.63, 3.8) is 0 Å². The lowest BCUT2D eigenvalue weighted by atomic mass is 9.89. The number of hydrogen-bond donors (Lipinski definition) is 4. The summed E-state index contributed by atoms with van der Waals surface area (Å²) in [5.41, 5.74) is 8.16. The molecule has 1 heterocycles. The summed E-state index contributed by atoms with van der Waals surface area (Å²) in [6, 6.07) is 14.0. The highest BCUT2D eigenvalue weighted by Gasteiger charge is 2.23. The van der Waals surface area contributed by atoms with E-state index in [1.165, 1.54) is 18.2 Å². The molecule has 138 valence electrons. The van der Waals surface area contributed by atoms with Gasteiger partial charge in [-0.1, -0.05) is 0 Å². The molecule has 0 fully saturated rings. The fourth-order valence-corrected chi connectivity index (χ4v) is 3.28. The molecule has 1 aliphatic carbocycles. The SMILES string of the molecule is Nc1ccc2c(-c3cc(C(=O)O)ccc3C(=O)O)c3ccc(=[NH2+])cc-3oc2c1. The van der Waals surface area contributed by atoms with Gasteiger partial charge < -0.3 is 20.4 Å². The van der Waals surface area contributed by atoms with Crippen molar-refractivity contribution in [2.45, 2.75) is 0 Å². The monoisotopic (exact) mass is 375 g/mol. The lowest BCUT2D eigenvalue weighted by Gasteiger charge is -2.17. The molecule has 0 bridgehead atoms. The van der Waals surface area contributed by atoms with Gasteiger partial charge >= 0.3 is 11.9 Å². The first-order valence-corrected chi connectivity index (χ1v) is 8.31. The summed E-state index contributed by atoms with van der Waals surface area (Å²) in [5.74, 6) is -1.88. The molecule has 1 aliphatic heterocycles. The van der Waals surface area contributed by atoms with E-state index >= 15 is 0 Å². The maximum Gasteiger partial charge on any atom is 0.336 e. The molecule has 2 aromatic rings. The summed E-state index contributed by atoms with van der Waals surface area (Å²) in [5, 5.41) is 26.0. The summed E-state index contributed by atoms with van der Waals surface area (Å²) >= 11 is 0. The van der Waals surface area contributed by atoms with Crippen molar-refractivity contribution in [2.75, 3.05) is 5.73 Å². The number of nitrogen functional groups attached to an aromatic ring is 1. The summed E-state index contributed by atoms with van der Waals surface area (Å²) in [4.78, 5) is 23.3. The summed E-state index contributed by atoms with van der Waals surface area (Å²) in [6.07, 6.45) is 0. The Morgan fingerprint density at radius 2 is 1.68 bits per heavy atom. The zero-order valence-corrected chi connectivity index (χ0v) is 14.5. The van der Waals surface area contributed by atoms with Gasteiger partial charge in [0.05, 0.1) is 17.2 Å². The lowest BCUT2D eigenvalue weighted by Crippen LogP contribution is -2.44. The number of carbonyl (C=O) groups is 2. The molecule has 4 rings (SSSR count). The number of rotatable bonds is 3. The van der Waals surface area contributed by atoms with E-state index in [9.17, 15) is 19.8 Å².